The molecule has 0 saturated heterocycles. The molecular weight excluding hydrogens is 308 g/mol. The van der Waals surface area contributed by atoms with Gasteiger partial charge in [-0.25, -0.2) is 4.79 Å². The molecular formula is C18H26O4Si. The zero-order valence-electron chi connectivity index (χ0n) is 14.6. The average Bonchev–Trinajstić information content (AvgIpc) is 2.43. The molecule has 0 radical (unpaired) electrons. The molecule has 5 heteroatoms. The van der Waals surface area contributed by atoms with Crippen molar-refractivity contribution in [2.24, 2.45) is 0 Å². The highest BCUT2D eigenvalue weighted by atomic mass is 28.4. The molecule has 1 rings (SSSR count). The van der Waals surface area contributed by atoms with Crippen LogP contribution in [0.25, 0.3) is 6.08 Å². The fraction of sp³-hybridized carbons (Fsp3) is 0.389. The Balaban J connectivity index is 2.76. The van der Waals surface area contributed by atoms with Crippen molar-refractivity contribution in [1.29, 1.82) is 0 Å². The van der Waals surface area contributed by atoms with Gasteiger partial charge < -0.3 is 13.9 Å². The zero-order valence-corrected chi connectivity index (χ0v) is 15.6. The van der Waals surface area contributed by atoms with E-state index in [0.717, 1.165) is 11.1 Å². The average molecular weight is 334 g/mol. The van der Waals surface area contributed by atoms with Crippen molar-refractivity contribution in [3.8, 4) is 11.5 Å². The van der Waals surface area contributed by atoms with E-state index in [1.807, 2.05) is 25.1 Å². The van der Waals surface area contributed by atoms with Crippen molar-refractivity contribution in [3.63, 3.8) is 0 Å². The number of rotatable bonds is 8. The molecule has 0 aliphatic rings. The Bertz CT molecular complexity index is 585. The number of carbonyl (C=O) groups is 1. The molecule has 0 fully saturated rings. The first-order chi connectivity index (χ1) is 10.7. The van der Waals surface area contributed by atoms with Crippen molar-refractivity contribution in [2.75, 3.05) is 13.7 Å². The van der Waals surface area contributed by atoms with E-state index in [4.69, 9.17) is 13.9 Å². The Morgan fingerprint density at radius 1 is 1.26 bits per heavy atom. The predicted octanol–water partition coefficient (Wildman–Crippen LogP) is 4.43. The Hall–Kier alpha value is -2.01. The van der Waals surface area contributed by atoms with Crippen LogP contribution in [0.2, 0.25) is 19.6 Å². The van der Waals surface area contributed by atoms with Gasteiger partial charge in [0, 0.05) is 12.5 Å². The van der Waals surface area contributed by atoms with E-state index >= 15 is 0 Å². The molecule has 0 aliphatic heterocycles. The minimum Gasteiger partial charge on any atom is -0.542 e. The van der Waals surface area contributed by atoms with Crippen molar-refractivity contribution in [3.05, 3.63) is 42.0 Å². The molecule has 23 heavy (non-hydrogen) atoms. The van der Waals surface area contributed by atoms with Crippen LogP contribution >= 0.6 is 0 Å². The fourth-order valence-electron chi connectivity index (χ4n) is 1.74. The normalized spacial score (nSPS) is 11.3. The van der Waals surface area contributed by atoms with Crippen molar-refractivity contribution >= 4 is 20.4 Å². The number of hydrogen-bond donors (Lipinski definition) is 0. The van der Waals surface area contributed by atoms with Crippen molar-refractivity contribution in [1.82, 2.24) is 0 Å². The van der Waals surface area contributed by atoms with E-state index in [1.54, 1.807) is 13.2 Å². The second-order valence-corrected chi connectivity index (χ2v) is 10.8. The Labute approximate surface area is 139 Å². The molecule has 0 amide bonds. The monoisotopic (exact) mass is 334 g/mol. The Morgan fingerprint density at radius 3 is 2.52 bits per heavy atom. The molecule has 0 spiro atoms. The number of ether oxygens (including phenoxy) is 2. The predicted molar refractivity (Wildman–Crippen MR) is 96.4 cm³/mol. The van der Waals surface area contributed by atoms with Crippen LogP contribution in [0.5, 0.6) is 11.5 Å². The maximum absolute atomic E-state index is 11.6. The first-order valence-corrected chi connectivity index (χ1v) is 11.0. The highest BCUT2D eigenvalue weighted by Gasteiger charge is 2.18. The summed E-state index contributed by atoms with van der Waals surface area (Å²) in [4.78, 5) is 11.6. The third kappa shape index (κ3) is 7.70. The van der Waals surface area contributed by atoms with E-state index in [0.29, 0.717) is 24.5 Å². The number of carbonyl (C=O) groups excluding carboxylic acids is 1. The van der Waals surface area contributed by atoms with Crippen LogP contribution < -0.4 is 9.16 Å². The van der Waals surface area contributed by atoms with Crippen molar-refractivity contribution in [2.45, 2.75) is 33.0 Å². The number of benzene rings is 1. The van der Waals surface area contributed by atoms with E-state index < -0.39 is 8.32 Å². The largest absolute Gasteiger partial charge is 0.542 e. The van der Waals surface area contributed by atoms with E-state index in [-0.39, 0.29) is 5.97 Å². The lowest BCUT2D eigenvalue weighted by molar-refractivity contribution is -0.137. The van der Waals surface area contributed by atoms with Crippen LogP contribution in [0.4, 0.5) is 0 Å². The quantitative estimate of drug-likeness (QED) is 0.305. The topological polar surface area (TPSA) is 44.8 Å². The minimum atomic E-state index is -1.75. The Kier molecular flexibility index (Phi) is 7.10. The summed E-state index contributed by atoms with van der Waals surface area (Å²) >= 11 is 0. The number of methoxy groups -OCH3 is 1. The molecule has 0 bridgehead atoms. The van der Waals surface area contributed by atoms with Gasteiger partial charge in [-0.15, -0.1) is 6.58 Å². The minimum absolute atomic E-state index is 0.352. The Morgan fingerprint density at radius 2 is 1.96 bits per heavy atom. The first kappa shape index (κ1) is 19.0. The van der Waals surface area contributed by atoms with Crippen LogP contribution in [-0.2, 0) is 9.53 Å². The lowest BCUT2D eigenvalue weighted by Gasteiger charge is -2.21. The summed E-state index contributed by atoms with van der Waals surface area (Å²) in [6, 6.07) is 5.57. The van der Waals surface area contributed by atoms with Gasteiger partial charge in [0.2, 0.25) is 8.32 Å². The van der Waals surface area contributed by atoms with Gasteiger partial charge in [0.05, 0.1) is 13.7 Å². The van der Waals surface area contributed by atoms with E-state index in [1.165, 1.54) is 6.08 Å². The highest BCUT2D eigenvalue weighted by molar-refractivity contribution is 6.70. The molecule has 0 aromatic heterocycles. The summed E-state index contributed by atoms with van der Waals surface area (Å²) in [5.74, 6) is 1.02. The third-order valence-electron chi connectivity index (χ3n) is 2.79. The second-order valence-electron chi connectivity index (χ2n) is 6.33. The molecule has 1 aromatic rings. The molecule has 126 valence electrons. The van der Waals surface area contributed by atoms with Crippen molar-refractivity contribution < 1.29 is 18.7 Å². The van der Waals surface area contributed by atoms with E-state index in [2.05, 4.69) is 26.2 Å². The summed E-state index contributed by atoms with van der Waals surface area (Å²) in [5, 5.41) is 0. The molecule has 1 aromatic carbocycles. The summed E-state index contributed by atoms with van der Waals surface area (Å²) in [6.45, 7) is 12.3. The van der Waals surface area contributed by atoms with Gasteiger partial charge in [0.1, 0.15) is 5.75 Å². The van der Waals surface area contributed by atoms with Crippen LogP contribution in [0.1, 0.15) is 18.9 Å². The summed E-state index contributed by atoms with van der Waals surface area (Å²) in [5.41, 5.74) is 1.85. The first-order valence-electron chi connectivity index (χ1n) is 7.57. The van der Waals surface area contributed by atoms with Crippen LogP contribution in [-0.4, -0.2) is 28.0 Å². The van der Waals surface area contributed by atoms with E-state index in [9.17, 15) is 4.79 Å². The van der Waals surface area contributed by atoms with Crippen LogP contribution in [0, 0.1) is 0 Å². The molecule has 0 unspecified atom stereocenters. The molecule has 0 N–H and O–H groups in total. The van der Waals surface area contributed by atoms with Gasteiger partial charge in [-0.1, -0.05) is 11.6 Å². The molecule has 0 heterocycles. The lowest BCUT2D eigenvalue weighted by atomic mass is 10.2. The fourth-order valence-corrected chi connectivity index (χ4v) is 2.56. The summed E-state index contributed by atoms with van der Waals surface area (Å²) < 4.78 is 16.4. The van der Waals surface area contributed by atoms with Crippen LogP contribution in [0.15, 0.2) is 36.4 Å². The van der Waals surface area contributed by atoms with Gasteiger partial charge in [0.15, 0.2) is 5.75 Å². The number of hydrogen-bond acceptors (Lipinski definition) is 4. The smallest absolute Gasteiger partial charge is 0.330 e. The zero-order chi connectivity index (χ0) is 17.5. The molecule has 4 nitrogen and oxygen atoms in total. The van der Waals surface area contributed by atoms with Gasteiger partial charge >= 0.3 is 5.97 Å². The standard InChI is InChI=1S/C18H26O4Si/c1-14(2)11-12-21-18(19)10-8-15-7-9-16(20-3)17(13-15)22-23(4,5)6/h7-10,13H,1,11-12H2,2-6H3/b10-8+. The van der Waals surface area contributed by atoms with Gasteiger partial charge in [-0.2, -0.15) is 0 Å². The second kappa shape index (κ2) is 8.58. The lowest BCUT2D eigenvalue weighted by Crippen LogP contribution is -2.29. The van der Waals surface area contributed by atoms with Crippen LogP contribution in [0.3, 0.4) is 0 Å². The van der Waals surface area contributed by atoms with Gasteiger partial charge in [0.25, 0.3) is 0 Å². The third-order valence-corrected chi connectivity index (χ3v) is 3.62. The maximum Gasteiger partial charge on any atom is 0.330 e. The highest BCUT2D eigenvalue weighted by Crippen LogP contribution is 2.30. The maximum atomic E-state index is 11.6. The molecule has 0 aliphatic carbocycles. The molecule has 0 atom stereocenters. The SMILES string of the molecule is C=C(C)CCOC(=O)/C=C/c1ccc(OC)c(O[Si](C)(C)C)c1. The van der Waals surface area contributed by atoms with Gasteiger partial charge in [-0.05, 0) is 50.3 Å². The summed E-state index contributed by atoms with van der Waals surface area (Å²) in [6.07, 6.45) is 3.80. The summed E-state index contributed by atoms with van der Waals surface area (Å²) in [7, 11) is -0.134. The number of esters is 1. The molecule has 0 saturated carbocycles. The van der Waals surface area contributed by atoms with Gasteiger partial charge in [-0.3, -0.25) is 0 Å².